The number of carbonyl (C=O) groups is 2. The molecule has 136 valence electrons. The number of fused-ring (bicyclic) bond motifs is 1. The molecule has 0 saturated carbocycles. The maximum atomic E-state index is 13.3. The molecule has 0 aliphatic carbocycles. The molecular formula is C20H16ClN3O2S. The number of thioether (sulfide) groups is 1. The Balaban J connectivity index is 1.75. The summed E-state index contributed by atoms with van der Waals surface area (Å²) in [6.45, 7) is 1.40. The van der Waals surface area contributed by atoms with Gasteiger partial charge in [0.05, 0.1) is 5.70 Å². The molecule has 0 spiro atoms. The monoisotopic (exact) mass is 397 g/mol. The van der Waals surface area contributed by atoms with Gasteiger partial charge in [-0.15, -0.1) is 0 Å². The van der Waals surface area contributed by atoms with Crippen LogP contribution in [0.4, 0.5) is 0 Å². The van der Waals surface area contributed by atoms with Crippen molar-refractivity contribution in [2.45, 2.75) is 19.0 Å². The van der Waals surface area contributed by atoms with Gasteiger partial charge < -0.3 is 5.32 Å². The maximum absolute atomic E-state index is 13.3. The SMILES string of the molecule is CC(=O)N[C@@H]1C(=O)N2C(c3ccccc3)=CSC2=N[C@@H]1c1ccc(Cl)cc1. The van der Waals surface area contributed by atoms with E-state index in [1.807, 2.05) is 47.9 Å². The minimum Gasteiger partial charge on any atom is -0.342 e. The highest BCUT2D eigenvalue weighted by molar-refractivity contribution is 8.16. The molecule has 1 N–H and O–H groups in total. The van der Waals surface area contributed by atoms with Crippen LogP contribution in [0.5, 0.6) is 0 Å². The molecule has 4 rings (SSSR count). The van der Waals surface area contributed by atoms with E-state index in [2.05, 4.69) is 5.32 Å². The molecule has 2 heterocycles. The van der Waals surface area contributed by atoms with Gasteiger partial charge in [0.15, 0.2) is 5.17 Å². The fraction of sp³-hybridized carbons (Fsp3) is 0.150. The summed E-state index contributed by atoms with van der Waals surface area (Å²) in [5.41, 5.74) is 2.52. The van der Waals surface area contributed by atoms with Crippen molar-refractivity contribution >= 4 is 46.0 Å². The summed E-state index contributed by atoms with van der Waals surface area (Å²) in [6, 6.07) is 15.6. The van der Waals surface area contributed by atoms with Crippen molar-refractivity contribution in [3.05, 3.63) is 76.2 Å². The highest BCUT2D eigenvalue weighted by Crippen LogP contribution is 2.40. The van der Waals surface area contributed by atoms with Crippen LogP contribution >= 0.6 is 23.4 Å². The molecule has 27 heavy (non-hydrogen) atoms. The summed E-state index contributed by atoms with van der Waals surface area (Å²) >= 11 is 7.39. The molecule has 2 aliphatic rings. The molecule has 5 nitrogen and oxygen atoms in total. The van der Waals surface area contributed by atoms with Crippen molar-refractivity contribution in [2.75, 3.05) is 0 Å². The first-order chi connectivity index (χ1) is 13.0. The summed E-state index contributed by atoms with van der Waals surface area (Å²) in [7, 11) is 0. The van der Waals surface area contributed by atoms with E-state index >= 15 is 0 Å². The summed E-state index contributed by atoms with van der Waals surface area (Å²) in [4.78, 5) is 31.5. The van der Waals surface area contributed by atoms with Gasteiger partial charge in [0.2, 0.25) is 5.91 Å². The van der Waals surface area contributed by atoms with Crippen molar-refractivity contribution < 1.29 is 9.59 Å². The third kappa shape index (κ3) is 3.38. The topological polar surface area (TPSA) is 61.8 Å². The van der Waals surface area contributed by atoms with E-state index in [9.17, 15) is 9.59 Å². The molecule has 2 aromatic rings. The largest absolute Gasteiger partial charge is 0.342 e. The average Bonchev–Trinajstić information content (AvgIpc) is 3.09. The molecule has 0 aromatic heterocycles. The molecule has 0 radical (unpaired) electrons. The van der Waals surface area contributed by atoms with Crippen LogP contribution in [-0.2, 0) is 9.59 Å². The summed E-state index contributed by atoms with van der Waals surface area (Å²) in [6.07, 6.45) is 0. The number of hydrogen-bond donors (Lipinski definition) is 1. The second kappa shape index (κ2) is 7.21. The van der Waals surface area contributed by atoms with E-state index in [1.165, 1.54) is 18.7 Å². The molecule has 0 unspecified atom stereocenters. The van der Waals surface area contributed by atoms with Crippen LogP contribution in [0.3, 0.4) is 0 Å². The van der Waals surface area contributed by atoms with Gasteiger partial charge >= 0.3 is 0 Å². The van der Waals surface area contributed by atoms with Gasteiger partial charge in [0.25, 0.3) is 5.91 Å². The van der Waals surface area contributed by atoms with E-state index in [0.717, 1.165) is 16.8 Å². The normalized spacial score (nSPS) is 21.4. The predicted molar refractivity (Wildman–Crippen MR) is 108 cm³/mol. The van der Waals surface area contributed by atoms with Gasteiger partial charge in [0, 0.05) is 17.4 Å². The second-order valence-corrected chi connectivity index (χ2v) is 7.52. The lowest BCUT2D eigenvalue weighted by Gasteiger charge is -2.34. The molecule has 2 amide bonds. The van der Waals surface area contributed by atoms with Gasteiger partial charge in [0.1, 0.15) is 12.1 Å². The average molecular weight is 398 g/mol. The van der Waals surface area contributed by atoms with Crippen LogP contribution in [0, 0.1) is 0 Å². The maximum Gasteiger partial charge on any atom is 0.258 e. The zero-order valence-corrected chi connectivity index (χ0v) is 16.0. The van der Waals surface area contributed by atoms with E-state index in [4.69, 9.17) is 16.6 Å². The Morgan fingerprint density at radius 2 is 1.85 bits per heavy atom. The summed E-state index contributed by atoms with van der Waals surface area (Å²) in [5, 5.41) is 5.91. The lowest BCUT2D eigenvalue weighted by Crippen LogP contribution is -2.53. The Morgan fingerprint density at radius 1 is 1.15 bits per heavy atom. The van der Waals surface area contributed by atoms with Crippen molar-refractivity contribution in [2.24, 2.45) is 4.99 Å². The van der Waals surface area contributed by atoms with Crippen LogP contribution in [-0.4, -0.2) is 27.9 Å². The Hall–Kier alpha value is -2.57. The van der Waals surface area contributed by atoms with Gasteiger partial charge in [-0.2, -0.15) is 0 Å². The molecule has 7 heteroatoms. The lowest BCUT2D eigenvalue weighted by molar-refractivity contribution is -0.132. The zero-order valence-electron chi connectivity index (χ0n) is 14.4. The predicted octanol–water partition coefficient (Wildman–Crippen LogP) is 3.83. The minimum absolute atomic E-state index is 0.199. The van der Waals surface area contributed by atoms with Gasteiger partial charge in [-0.05, 0) is 23.3 Å². The number of nitrogens with one attached hydrogen (secondary N) is 1. The van der Waals surface area contributed by atoms with Gasteiger partial charge in [-0.3, -0.25) is 19.5 Å². The summed E-state index contributed by atoms with van der Waals surface area (Å²) in [5.74, 6) is -0.474. The summed E-state index contributed by atoms with van der Waals surface area (Å²) < 4.78 is 0. The smallest absolute Gasteiger partial charge is 0.258 e. The molecule has 2 aromatic carbocycles. The van der Waals surface area contributed by atoms with Crippen LogP contribution in [0.15, 0.2) is 65.0 Å². The Morgan fingerprint density at radius 3 is 2.52 bits per heavy atom. The fourth-order valence-electron chi connectivity index (χ4n) is 3.18. The first-order valence-corrected chi connectivity index (χ1v) is 9.67. The number of benzene rings is 2. The van der Waals surface area contributed by atoms with Crippen molar-refractivity contribution in [1.29, 1.82) is 0 Å². The van der Waals surface area contributed by atoms with Crippen molar-refractivity contribution in [1.82, 2.24) is 10.2 Å². The van der Waals surface area contributed by atoms with Crippen LogP contribution in [0.25, 0.3) is 5.70 Å². The highest BCUT2D eigenvalue weighted by atomic mass is 35.5. The van der Waals surface area contributed by atoms with Gasteiger partial charge in [-0.1, -0.05) is 65.8 Å². The number of amidine groups is 1. The molecule has 0 fully saturated rings. The van der Waals surface area contributed by atoms with Crippen molar-refractivity contribution in [3.8, 4) is 0 Å². The quantitative estimate of drug-likeness (QED) is 0.856. The number of rotatable bonds is 3. The number of aliphatic imine (C=N–C) groups is 1. The minimum atomic E-state index is -0.779. The van der Waals surface area contributed by atoms with E-state index in [1.54, 1.807) is 17.0 Å². The molecule has 2 atom stereocenters. The molecular weight excluding hydrogens is 382 g/mol. The van der Waals surface area contributed by atoms with E-state index < -0.39 is 12.1 Å². The molecule has 0 saturated heterocycles. The Bertz CT molecular complexity index is 957. The van der Waals surface area contributed by atoms with Gasteiger partial charge in [-0.25, -0.2) is 0 Å². The van der Waals surface area contributed by atoms with Crippen LogP contribution < -0.4 is 5.32 Å². The number of halogens is 1. The van der Waals surface area contributed by atoms with Crippen LogP contribution in [0.1, 0.15) is 24.1 Å². The highest BCUT2D eigenvalue weighted by Gasteiger charge is 2.43. The van der Waals surface area contributed by atoms with E-state index in [0.29, 0.717) is 10.2 Å². The number of carbonyl (C=O) groups excluding carboxylic acids is 2. The second-order valence-electron chi connectivity index (χ2n) is 6.25. The zero-order chi connectivity index (χ0) is 19.0. The lowest BCUT2D eigenvalue weighted by atomic mass is 9.96. The Kier molecular flexibility index (Phi) is 4.76. The standard InChI is InChI=1S/C20H16ClN3O2S/c1-12(25)22-18-17(14-7-9-15(21)10-8-14)23-20-24(19(18)26)16(11-27-20)13-5-3-2-4-6-13/h2-11,17-18H,1H3,(H,22,25)/t17-,18+/m1/s1. The molecule has 2 aliphatic heterocycles. The fourth-order valence-corrected chi connectivity index (χ4v) is 4.23. The third-order valence-corrected chi connectivity index (χ3v) is 5.49. The van der Waals surface area contributed by atoms with E-state index in [-0.39, 0.29) is 11.8 Å². The third-order valence-electron chi connectivity index (χ3n) is 4.40. The Labute approximate surface area is 166 Å². The first kappa shape index (κ1) is 17.8. The van der Waals surface area contributed by atoms with Crippen LogP contribution in [0.2, 0.25) is 5.02 Å². The van der Waals surface area contributed by atoms with Crippen molar-refractivity contribution in [3.63, 3.8) is 0 Å². The first-order valence-electron chi connectivity index (χ1n) is 8.41. The number of nitrogens with zero attached hydrogens (tertiary/aromatic N) is 2. The number of amides is 2. The number of hydrogen-bond acceptors (Lipinski definition) is 4. The molecule has 0 bridgehead atoms.